The van der Waals surface area contributed by atoms with Gasteiger partial charge < -0.3 is 5.11 Å². The van der Waals surface area contributed by atoms with Gasteiger partial charge in [0.05, 0.1) is 16.9 Å². The van der Waals surface area contributed by atoms with Crippen LogP contribution in [0.25, 0.3) is 5.69 Å². The number of hydrogen-bond donors (Lipinski definition) is 1. The van der Waals surface area contributed by atoms with Crippen molar-refractivity contribution in [2.24, 2.45) is 5.41 Å². The molecule has 0 unspecified atom stereocenters. The minimum atomic E-state index is -0.905. The summed E-state index contributed by atoms with van der Waals surface area (Å²) in [5.74, 6) is -0.905. The van der Waals surface area contributed by atoms with Crippen LogP contribution in [0, 0.1) is 5.41 Å². The number of aromatic carboxylic acids is 1. The molecule has 0 saturated heterocycles. The Bertz CT molecular complexity index is 654. The number of benzene rings is 1. The maximum Gasteiger partial charge on any atom is 0.335 e. The van der Waals surface area contributed by atoms with E-state index in [4.69, 9.17) is 5.11 Å². The molecule has 1 heterocycles. The van der Waals surface area contributed by atoms with Crippen LogP contribution in [0.5, 0.6) is 0 Å². The first kappa shape index (κ1) is 12.9. The Morgan fingerprint density at radius 2 is 2.00 bits per heavy atom. The molecular formula is C16H18N2O2. The molecule has 0 radical (unpaired) electrons. The van der Waals surface area contributed by atoms with Crippen LogP contribution in [0.4, 0.5) is 0 Å². The molecule has 1 aliphatic carbocycles. The monoisotopic (exact) mass is 270 g/mol. The molecule has 1 aromatic heterocycles. The summed E-state index contributed by atoms with van der Waals surface area (Å²) in [6, 6.07) is 6.82. The SMILES string of the molecule is CC1(C)CCc2nn(-c3ccc(C(=O)O)cc3)cc2C1. The average molecular weight is 270 g/mol. The number of fused-ring (bicyclic) bond motifs is 1. The smallest absolute Gasteiger partial charge is 0.335 e. The lowest BCUT2D eigenvalue weighted by molar-refractivity contribution is 0.0697. The fourth-order valence-electron chi connectivity index (χ4n) is 2.75. The normalized spacial score (nSPS) is 16.7. The first-order valence-electron chi connectivity index (χ1n) is 6.86. The Labute approximate surface area is 118 Å². The molecule has 104 valence electrons. The van der Waals surface area contributed by atoms with Crippen LogP contribution in [0.3, 0.4) is 0 Å². The van der Waals surface area contributed by atoms with Crippen LogP contribution < -0.4 is 0 Å². The van der Waals surface area contributed by atoms with E-state index in [9.17, 15) is 4.79 Å². The molecule has 2 aromatic rings. The van der Waals surface area contributed by atoms with Crippen LogP contribution in [0.2, 0.25) is 0 Å². The molecule has 0 amide bonds. The zero-order chi connectivity index (χ0) is 14.3. The second-order valence-corrected chi connectivity index (χ2v) is 6.24. The summed E-state index contributed by atoms with van der Waals surface area (Å²) in [6.07, 6.45) is 5.30. The van der Waals surface area contributed by atoms with E-state index >= 15 is 0 Å². The number of carboxylic acids is 1. The third-order valence-electron chi connectivity index (χ3n) is 3.96. The lowest BCUT2D eigenvalue weighted by atomic mass is 9.77. The van der Waals surface area contributed by atoms with Crippen LogP contribution in [0.1, 0.15) is 41.9 Å². The lowest BCUT2D eigenvalue weighted by Crippen LogP contribution is -2.21. The van der Waals surface area contributed by atoms with E-state index in [0.717, 1.165) is 24.9 Å². The number of aromatic nitrogens is 2. The van der Waals surface area contributed by atoms with Gasteiger partial charge in [-0.05, 0) is 54.5 Å². The third kappa shape index (κ3) is 2.33. The molecule has 0 spiro atoms. The van der Waals surface area contributed by atoms with Crippen LogP contribution in [-0.4, -0.2) is 20.9 Å². The van der Waals surface area contributed by atoms with E-state index < -0.39 is 5.97 Å². The van der Waals surface area contributed by atoms with Crippen molar-refractivity contribution in [1.82, 2.24) is 9.78 Å². The number of carboxylic acid groups (broad SMARTS) is 1. The van der Waals surface area contributed by atoms with E-state index in [1.165, 1.54) is 11.3 Å². The summed E-state index contributed by atoms with van der Waals surface area (Å²) in [4.78, 5) is 10.9. The van der Waals surface area contributed by atoms with Crippen LogP contribution >= 0.6 is 0 Å². The van der Waals surface area contributed by atoms with E-state index in [1.54, 1.807) is 24.3 Å². The second kappa shape index (κ2) is 4.47. The molecule has 0 saturated carbocycles. The van der Waals surface area contributed by atoms with Crippen molar-refractivity contribution in [3.05, 3.63) is 47.3 Å². The predicted octanol–water partition coefficient (Wildman–Crippen LogP) is 3.09. The Hall–Kier alpha value is -2.10. The van der Waals surface area contributed by atoms with Crippen molar-refractivity contribution in [2.45, 2.75) is 33.1 Å². The lowest BCUT2D eigenvalue weighted by Gasteiger charge is -2.28. The van der Waals surface area contributed by atoms with Crippen LogP contribution in [0.15, 0.2) is 30.5 Å². The Balaban J connectivity index is 1.92. The molecule has 3 rings (SSSR count). The van der Waals surface area contributed by atoms with Crippen molar-refractivity contribution in [3.63, 3.8) is 0 Å². The van der Waals surface area contributed by atoms with Crippen molar-refractivity contribution >= 4 is 5.97 Å². The van der Waals surface area contributed by atoms with Gasteiger partial charge in [-0.1, -0.05) is 13.8 Å². The van der Waals surface area contributed by atoms with Gasteiger partial charge in [0, 0.05) is 6.20 Å². The van der Waals surface area contributed by atoms with Gasteiger partial charge in [-0.3, -0.25) is 0 Å². The molecular weight excluding hydrogens is 252 g/mol. The quantitative estimate of drug-likeness (QED) is 0.912. The highest BCUT2D eigenvalue weighted by molar-refractivity contribution is 5.87. The topological polar surface area (TPSA) is 55.1 Å². The minimum Gasteiger partial charge on any atom is -0.478 e. The average Bonchev–Trinajstić information content (AvgIpc) is 2.80. The Kier molecular flexibility index (Phi) is 2.89. The summed E-state index contributed by atoms with van der Waals surface area (Å²) >= 11 is 0. The number of nitrogens with zero attached hydrogens (tertiary/aromatic N) is 2. The predicted molar refractivity (Wildman–Crippen MR) is 76.3 cm³/mol. The fourth-order valence-corrected chi connectivity index (χ4v) is 2.75. The Morgan fingerprint density at radius 1 is 1.30 bits per heavy atom. The van der Waals surface area contributed by atoms with Crippen molar-refractivity contribution < 1.29 is 9.90 Å². The molecule has 1 aromatic carbocycles. The molecule has 1 N–H and O–H groups in total. The molecule has 0 bridgehead atoms. The summed E-state index contributed by atoms with van der Waals surface area (Å²) in [7, 11) is 0. The Morgan fingerprint density at radius 3 is 2.65 bits per heavy atom. The highest BCUT2D eigenvalue weighted by Crippen LogP contribution is 2.34. The third-order valence-corrected chi connectivity index (χ3v) is 3.96. The molecule has 1 aliphatic rings. The van der Waals surface area contributed by atoms with Gasteiger partial charge >= 0.3 is 5.97 Å². The first-order chi connectivity index (χ1) is 9.44. The van der Waals surface area contributed by atoms with Gasteiger partial charge in [0.2, 0.25) is 0 Å². The minimum absolute atomic E-state index is 0.298. The molecule has 0 atom stereocenters. The largest absolute Gasteiger partial charge is 0.478 e. The van der Waals surface area contributed by atoms with Gasteiger partial charge in [-0.15, -0.1) is 0 Å². The highest BCUT2D eigenvalue weighted by atomic mass is 16.4. The van der Waals surface area contributed by atoms with E-state index in [2.05, 4.69) is 25.1 Å². The van der Waals surface area contributed by atoms with Crippen molar-refractivity contribution in [2.75, 3.05) is 0 Å². The van der Waals surface area contributed by atoms with E-state index in [0.29, 0.717) is 11.0 Å². The number of carbonyl (C=O) groups is 1. The zero-order valence-corrected chi connectivity index (χ0v) is 11.8. The maximum absolute atomic E-state index is 10.9. The van der Waals surface area contributed by atoms with Crippen molar-refractivity contribution in [3.8, 4) is 5.69 Å². The second-order valence-electron chi connectivity index (χ2n) is 6.24. The number of aryl methyl sites for hydroxylation is 1. The first-order valence-corrected chi connectivity index (χ1v) is 6.86. The zero-order valence-electron chi connectivity index (χ0n) is 11.8. The van der Waals surface area contributed by atoms with Crippen LogP contribution in [-0.2, 0) is 12.8 Å². The van der Waals surface area contributed by atoms with Gasteiger partial charge in [-0.25, -0.2) is 9.48 Å². The summed E-state index contributed by atoms with van der Waals surface area (Å²) < 4.78 is 1.86. The van der Waals surface area contributed by atoms with Gasteiger partial charge in [0.1, 0.15) is 0 Å². The number of rotatable bonds is 2. The fraction of sp³-hybridized carbons (Fsp3) is 0.375. The number of hydrogen-bond acceptors (Lipinski definition) is 2. The van der Waals surface area contributed by atoms with Crippen molar-refractivity contribution in [1.29, 1.82) is 0 Å². The van der Waals surface area contributed by atoms with Gasteiger partial charge in [-0.2, -0.15) is 5.10 Å². The summed E-state index contributed by atoms with van der Waals surface area (Å²) in [5, 5.41) is 13.5. The molecule has 0 fully saturated rings. The van der Waals surface area contributed by atoms with E-state index in [1.807, 2.05) is 4.68 Å². The molecule has 0 aliphatic heterocycles. The highest BCUT2D eigenvalue weighted by Gasteiger charge is 2.27. The van der Waals surface area contributed by atoms with E-state index in [-0.39, 0.29) is 0 Å². The summed E-state index contributed by atoms with van der Waals surface area (Å²) in [6.45, 7) is 4.57. The maximum atomic E-state index is 10.9. The molecule has 20 heavy (non-hydrogen) atoms. The van der Waals surface area contributed by atoms with Gasteiger partial charge in [0.15, 0.2) is 0 Å². The summed E-state index contributed by atoms with van der Waals surface area (Å²) in [5.41, 5.74) is 4.03. The van der Waals surface area contributed by atoms with Gasteiger partial charge in [0.25, 0.3) is 0 Å². The molecule has 4 nitrogen and oxygen atoms in total. The molecule has 4 heteroatoms. The standard InChI is InChI=1S/C16H18N2O2/c1-16(2)8-7-14-12(9-16)10-18(17-14)13-5-3-11(4-6-13)15(19)20/h3-6,10H,7-9H2,1-2H3,(H,19,20).